The van der Waals surface area contributed by atoms with Gasteiger partial charge in [0.15, 0.2) is 5.69 Å². The summed E-state index contributed by atoms with van der Waals surface area (Å²) in [6.07, 6.45) is 0. The minimum atomic E-state index is -0.351. The van der Waals surface area contributed by atoms with Gasteiger partial charge >= 0.3 is 5.56 Å². The van der Waals surface area contributed by atoms with Gasteiger partial charge in [0.2, 0.25) is 11.0 Å². The Morgan fingerprint density at radius 1 is 0.914 bits per heavy atom. The second-order valence-corrected chi connectivity index (χ2v) is 8.49. The Balaban J connectivity index is 1.53. The number of azo groups is 1. The molecule has 0 aliphatic carbocycles. The Morgan fingerprint density at radius 2 is 1.57 bits per heavy atom. The minimum absolute atomic E-state index is 0.155. The molecule has 0 atom stereocenters. The molecular formula is C26H20N6O2S. The summed E-state index contributed by atoms with van der Waals surface area (Å²) >= 11 is 1.36. The monoisotopic (exact) mass is 480 g/mol. The van der Waals surface area contributed by atoms with Crippen LogP contribution in [0, 0.1) is 0 Å². The number of nitrogens with zero attached hydrogens (tertiary/aromatic N) is 4. The number of aromatic amines is 1. The number of amides is 1. The number of nitrogens with one attached hydrogen (secondary N) is 2. The first-order chi connectivity index (χ1) is 17.1. The molecule has 9 heteroatoms. The highest BCUT2D eigenvalue weighted by molar-refractivity contribution is 7.12. The number of hydrogen-bond donors (Lipinski definition) is 2. The third-order valence-corrected chi connectivity index (χ3v) is 5.96. The highest BCUT2D eigenvalue weighted by Gasteiger charge is 2.19. The smallest absolute Gasteiger partial charge is 0.301 e. The molecule has 8 nitrogen and oxygen atoms in total. The van der Waals surface area contributed by atoms with Crippen molar-refractivity contribution in [1.82, 2.24) is 14.8 Å². The van der Waals surface area contributed by atoms with Crippen molar-refractivity contribution in [3.63, 3.8) is 0 Å². The third-order valence-electron chi connectivity index (χ3n) is 5.13. The van der Waals surface area contributed by atoms with Crippen LogP contribution in [-0.2, 0) is 4.79 Å². The van der Waals surface area contributed by atoms with E-state index in [0.29, 0.717) is 22.2 Å². The summed E-state index contributed by atoms with van der Waals surface area (Å²) in [5.74, 6) is -0.155. The minimum Gasteiger partial charge on any atom is -0.326 e. The average molecular weight is 481 g/mol. The quantitative estimate of drug-likeness (QED) is 0.277. The Morgan fingerprint density at radius 3 is 2.23 bits per heavy atom. The van der Waals surface area contributed by atoms with E-state index in [-0.39, 0.29) is 17.2 Å². The van der Waals surface area contributed by atoms with Gasteiger partial charge < -0.3 is 5.32 Å². The Labute approximate surface area is 204 Å². The largest absolute Gasteiger partial charge is 0.326 e. The number of aromatic nitrogens is 3. The van der Waals surface area contributed by atoms with Crippen LogP contribution >= 0.6 is 11.3 Å². The molecule has 2 heterocycles. The van der Waals surface area contributed by atoms with Crippen LogP contribution in [0.25, 0.3) is 27.6 Å². The lowest BCUT2D eigenvalue weighted by Crippen LogP contribution is -2.13. The van der Waals surface area contributed by atoms with Gasteiger partial charge in [-0.3, -0.25) is 14.7 Å². The van der Waals surface area contributed by atoms with Crippen molar-refractivity contribution in [3.05, 3.63) is 101 Å². The number of H-pyrrole nitrogens is 1. The van der Waals surface area contributed by atoms with Crippen LogP contribution in [0.3, 0.4) is 0 Å². The maximum absolute atomic E-state index is 13.4. The summed E-state index contributed by atoms with van der Waals surface area (Å²) in [5.41, 5.74) is 4.14. The van der Waals surface area contributed by atoms with Crippen LogP contribution in [0.15, 0.2) is 105 Å². The zero-order chi connectivity index (χ0) is 24.2. The highest BCUT2D eigenvalue weighted by Crippen LogP contribution is 2.30. The van der Waals surface area contributed by atoms with Crippen LogP contribution < -0.4 is 10.9 Å². The molecule has 0 spiro atoms. The van der Waals surface area contributed by atoms with E-state index in [1.54, 1.807) is 24.3 Å². The highest BCUT2D eigenvalue weighted by atomic mass is 32.1. The second kappa shape index (κ2) is 9.70. The molecule has 0 radical (unpaired) electrons. The van der Waals surface area contributed by atoms with E-state index < -0.39 is 0 Å². The molecular weight excluding hydrogens is 460 g/mol. The van der Waals surface area contributed by atoms with E-state index in [2.05, 4.69) is 25.6 Å². The first-order valence-corrected chi connectivity index (χ1v) is 11.7. The van der Waals surface area contributed by atoms with E-state index in [9.17, 15) is 9.59 Å². The number of benzene rings is 3. The van der Waals surface area contributed by atoms with E-state index in [0.717, 1.165) is 16.8 Å². The number of thiazole rings is 1. The molecule has 5 aromatic rings. The van der Waals surface area contributed by atoms with Crippen molar-refractivity contribution >= 4 is 34.3 Å². The predicted molar refractivity (Wildman–Crippen MR) is 138 cm³/mol. The van der Waals surface area contributed by atoms with Crippen molar-refractivity contribution in [2.75, 3.05) is 5.32 Å². The van der Waals surface area contributed by atoms with Gasteiger partial charge in [-0.2, -0.15) is 9.80 Å². The number of carbonyl (C=O) groups is 1. The average Bonchev–Trinajstić information content (AvgIpc) is 3.49. The van der Waals surface area contributed by atoms with Crippen molar-refractivity contribution in [2.45, 2.75) is 6.92 Å². The SMILES string of the molecule is CC(=O)Nc1ccc(N=Nc2c(-c3ccccc3)[nH]n(-c3nc(-c4ccccc4)cs3)c2=O)cc1. The van der Waals surface area contributed by atoms with Crippen LogP contribution in [0.1, 0.15) is 6.92 Å². The molecule has 172 valence electrons. The molecule has 2 aromatic heterocycles. The summed E-state index contributed by atoms with van der Waals surface area (Å²) in [6, 6.07) is 26.2. The first-order valence-electron chi connectivity index (χ1n) is 10.8. The molecule has 35 heavy (non-hydrogen) atoms. The molecule has 0 saturated carbocycles. The van der Waals surface area contributed by atoms with Gasteiger partial charge in [0, 0.05) is 29.1 Å². The summed E-state index contributed by atoms with van der Waals surface area (Å²) in [7, 11) is 0. The first kappa shape index (κ1) is 22.2. The molecule has 0 aliphatic rings. The molecule has 0 fully saturated rings. The molecule has 0 aliphatic heterocycles. The van der Waals surface area contributed by atoms with Crippen LogP contribution in [0.4, 0.5) is 17.1 Å². The van der Waals surface area contributed by atoms with Gasteiger partial charge in [0.1, 0.15) is 0 Å². The van der Waals surface area contributed by atoms with Crippen LogP contribution in [0.5, 0.6) is 0 Å². The van der Waals surface area contributed by atoms with Crippen molar-refractivity contribution < 1.29 is 4.79 Å². The van der Waals surface area contributed by atoms with E-state index >= 15 is 0 Å². The zero-order valence-corrected chi connectivity index (χ0v) is 19.5. The van der Waals surface area contributed by atoms with E-state index in [1.165, 1.54) is 22.9 Å². The third kappa shape index (κ3) is 4.85. The van der Waals surface area contributed by atoms with Gasteiger partial charge in [0.25, 0.3) is 0 Å². The zero-order valence-electron chi connectivity index (χ0n) is 18.7. The fourth-order valence-electron chi connectivity index (χ4n) is 3.49. The molecule has 2 N–H and O–H groups in total. The molecule has 3 aromatic carbocycles. The number of hydrogen-bond acceptors (Lipinski definition) is 6. The fraction of sp³-hybridized carbons (Fsp3) is 0.0385. The summed E-state index contributed by atoms with van der Waals surface area (Å²) in [6.45, 7) is 1.45. The summed E-state index contributed by atoms with van der Waals surface area (Å²) in [5, 5.41) is 16.9. The molecule has 5 rings (SSSR count). The second-order valence-electron chi connectivity index (χ2n) is 7.65. The fourth-order valence-corrected chi connectivity index (χ4v) is 4.28. The normalized spacial score (nSPS) is 11.1. The van der Waals surface area contributed by atoms with E-state index in [1.807, 2.05) is 66.0 Å². The summed E-state index contributed by atoms with van der Waals surface area (Å²) in [4.78, 5) is 29.3. The lowest BCUT2D eigenvalue weighted by Gasteiger charge is -2.01. The van der Waals surface area contributed by atoms with Gasteiger partial charge in [-0.1, -0.05) is 60.7 Å². The number of carbonyl (C=O) groups excluding carboxylic acids is 1. The van der Waals surface area contributed by atoms with Crippen molar-refractivity contribution in [1.29, 1.82) is 0 Å². The van der Waals surface area contributed by atoms with Crippen molar-refractivity contribution in [3.8, 4) is 27.6 Å². The Kier molecular flexibility index (Phi) is 6.15. The molecule has 0 unspecified atom stereocenters. The Bertz CT molecular complexity index is 1550. The molecule has 0 bridgehead atoms. The van der Waals surface area contributed by atoms with Gasteiger partial charge in [-0.05, 0) is 24.3 Å². The Hall–Kier alpha value is -4.63. The molecule has 0 saturated heterocycles. The lowest BCUT2D eigenvalue weighted by molar-refractivity contribution is -0.114. The standard InChI is InChI=1S/C26H20N6O2S/c1-17(33)27-20-12-14-21(15-13-20)29-30-24-23(19-10-6-3-7-11-19)31-32(25(24)34)26-28-22(16-35-26)18-8-4-2-5-9-18/h2-16,31H,1H3,(H,27,33). The predicted octanol–water partition coefficient (Wildman–Crippen LogP) is 6.33. The number of rotatable bonds is 6. The van der Waals surface area contributed by atoms with Crippen molar-refractivity contribution in [2.24, 2.45) is 10.2 Å². The topological polar surface area (TPSA) is 104 Å². The van der Waals surface area contributed by atoms with Gasteiger partial charge in [0.05, 0.1) is 17.1 Å². The molecule has 1 amide bonds. The maximum atomic E-state index is 13.4. The maximum Gasteiger partial charge on any atom is 0.301 e. The van der Waals surface area contributed by atoms with E-state index in [4.69, 9.17) is 0 Å². The summed E-state index contributed by atoms with van der Waals surface area (Å²) < 4.78 is 1.40. The van der Waals surface area contributed by atoms with Gasteiger partial charge in [-0.25, -0.2) is 4.98 Å². The van der Waals surface area contributed by atoms with Crippen LogP contribution in [0.2, 0.25) is 0 Å². The van der Waals surface area contributed by atoms with Crippen LogP contribution in [-0.4, -0.2) is 20.7 Å². The number of anilines is 1. The lowest BCUT2D eigenvalue weighted by atomic mass is 10.1. The van der Waals surface area contributed by atoms with Gasteiger partial charge in [-0.15, -0.1) is 16.5 Å².